The first-order valence-electron chi connectivity index (χ1n) is 6.98. The third-order valence-corrected chi connectivity index (χ3v) is 4.47. The van der Waals surface area contributed by atoms with Crippen LogP contribution in [0.25, 0.3) is 0 Å². The van der Waals surface area contributed by atoms with E-state index in [0.29, 0.717) is 43.0 Å². The van der Waals surface area contributed by atoms with Crippen LogP contribution in [0, 0.1) is 0 Å². The Kier molecular flexibility index (Phi) is 8.16. The molecule has 1 aromatic heterocycles. The van der Waals surface area contributed by atoms with Gasteiger partial charge in [-0.05, 0) is 41.8 Å². The van der Waals surface area contributed by atoms with E-state index in [2.05, 4.69) is 31.0 Å². The maximum atomic E-state index is 12.3. The van der Waals surface area contributed by atoms with E-state index in [-0.39, 0.29) is 4.90 Å². The van der Waals surface area contributed by atoms with E-state index in [9.17, 15) is 8.42 Å². The zero-order valence-electron chi connectivity index (χ0n) is 12.4. The number of rotatable bonds is 10. The molecule has 0 atom stereocenters. The molecule has 21 heavy (non-hydrogen) atoms. The highest BCUT2D eigenvalue weighted by Crippen LogP contribution is 2.22. The third kappa shape index (κ3) is 6.29. The van der Waals surface area contributed by atoms with Crippen molar-refractivity contribution in [3.8, 4) is 0 Å². The second kappa shape index (κ2) is 9.34. The number of hydrogen-bond donors (Lipinski definition) is 2. The van der Waals surface area contributed by atoms with Gasteiger partial charge in [0.15, 0.2) is 0 Å². The topological polar surface area (TPSA) is 80.3 Å². The first-order chi connectivity index (χ1) is 10.0. The highest BCUT2D eigenvalue weighted by Gasteiger charge is 2.19. The Labute approximate surface area is 134 Å². The lowest BCUT2D eigenvalue weighted by molar-refractivity contribution is 0.133. The third-order valence-electron chi connectivity index (χ3n) is 2.56. The summed E-state index contributed by atoms with van der Waals surface area (Å²) in [6.45, 7) is 6.11. The Morgan fingerprint density at radius 1 is 1.33 bits per heavy atom. The standard InChI is InChI=1S/C13H22BrN3O3S/c1-3-7-20-8-5-6-17-21(18,19)12-9-11(14)10-16-13(12)15-4-2/h9-10,17H,3-8H2,1-2H3,(H,15,16). The van der Waals surface area contributed by atoms with Crippen LogP contribution in [0.3, 0.4) is 0 Å². The van der Waals surface area contributed by atoms with Crippen molar-refractivity contribution in [1.82, 2.24) is 9.71 Å². The summed E-state index contributed by atoms with van der Waals surface area (Å²) in [5.41, 5.74) is 0. The zero-order valence-corrected chi connectivity index (χ0v) is 14.8. The smallest absolute Gasteiger partial charge is 0.244 e. The highest BCUT2D eigenvalue weighted by atomic mass is 79.9. The minimum absolute atomic E-state index is 0.146. The molecule has 0 aromatic carbocycles. The zero-order chi connectivity index (χ0) is 15.7. The van der Waals surface area contributed by atoms with Crippen LogP contribution in [-0.4, -0.2) is 39.7 Å². The molecule has 0 radical (unpaired) electrons. The number of ether oxygens (including phenoxy) is 1. The van der Waals surface area contributed by atoms with Gasteiger partial charge in [-0.1, -0.05) is 6.92 Å². The molecule has 6 nitrogen and oxygen atoms in total. The van der Waals surface area contributed by atoms with E-state index >= 15 is 0 Å². The summed E-state index contributed by atoms with van der Waals surface area (Å²) in [5.74, 6) is 0.357. The number of pyridine rings is 1. The molecular formula is C13H22BrN3O3S. The van der Waals surface area contributed by atoms with Gasteiger partial charge < -0.3 is 10.1 Å². The van der Waals surface area contributed by atoms with Gasteiger partial charge in [-0.2, -0.15) is 0 Å². The fourth-order valence-corrected chi connectivity index (χ4v) is 3.34. The van der Waals surface area contributed by atoms with Crippen LogP contribution in [0.5, 0.6) is 0 Å². The lowest BCUT2D eigenvalue weighted by Crippen LogP contribution is -2.26. The summed E-state index contributed by atoms with van der Waals surface area (Å²) >= 11 is 3.25. The van der Waals surface area contributed by atoms with E-state index < -0.39 is 10.0 Å². The van der Waals surface area contributed by atoms with Crippen LogP contribution in [0.2, 0.25) is 0 Å². The first kappa shape index (κ1) is 18.3. The molecule has 8 heteroatoms. The van der Waals surface area contributed by atoms with Crippen molar-refractivity contribution >= 4 is 31.8 Å². The molecule has 0 aliphatic rings. The molecule has 2 N–H and O–H groups in total. The SMILES string of the molecule is CCCOCCCNS(=O)(=O)c1cc(Br)cnc1NCC. The number of hydrogen-bond acceptors (Lipinski definition) is 5. The van der Waals surface area contributed by atoms with Gasteiger partial charge in [0, 0.05) is 37.0 Å². The van der Waals surface area contributed by atoms with E-state index in [1.807, 2.05) is 13.8 Å². The molecule has 1 heterocycles. The van der Waals surface area contributed by atoms with Crippen LogP contribution in [-0.2, 0) is 14.8 Å². The molecule has 0 spiro atoms. The van der Waals surface area contributed by atoms with Crippen molar-refractivity contribution < 1.29 is 13.2 Å². The summed E-state index contributed by atoms with van der Waals surface area (Å²) < 4.78 is 33.1. The number of anilines is 1. The second-order valence-electron chi connectivity index (χ2n) is 4.39. The molecule has 0 aliphatic carbocycles. The summed E-state index contributed by atoms with van der Waals surface area (Å²) in [4.78, 5) is 4.25. The molecule has 0 saturated carbocycles. The second-order valence-corrected chi connectivity index (χ2v) is 7.05. The number of sulfonamides is 1. The lowest BCUT2D eigenvalue weighted by Gasteiger charge is -2.12. The Bertz CT molecular complexity index is 537. The van der Waals surface area contributed by atoms with Crippen molar-refractivity contribution in [3.63, 3.8) is 0 Å². The van der Waals surface area contributed by atoms with E-state index in [4.69, 9.17) is 4.74 Å². The number of aromatic nitrogens is 1. The van der Waals surface area contributed by atoms with Crippen LogP contribution in [0.15, 0.2) is 21.6 Å². The Morgan fingerprint density at radius 2 is 2.10 bits per heavy atom. The van der Waals surface area contributed by atoms with Crippen LogP contribution >= 0.6 is 15.9 Å². The highest BCUT2D eigenvalue weighted by molar-refractivity contribution is 9.10. The quantitative estimate of drug-likeness (QED) is 0.610. The van der Waals surface area contributed by atoms with E-state index in [1.54, 1.807) is 12.3 Å². The molecule has 0 unspecified atom stereocenters. The van der Waals surface area contributed by atoms with Gasteiger partial charge in [0.2, 0.25) is 10.0 Å². The lowest BCUT2D eigenvalue weighted by atomic mass is 10.4. The molecule has 0 saturated heterocycles. The van der Waals surface area contributed by atoms with Crippen LogP contribution in [0.1, 0.15) is 26.7 Å². The maximum absolute atomic E-state index is 12.3. The fourth-order valence-electron chi connectivity index (χ4n) is 1.63. The summed E-state index contributed by atoms with van der Waals surface area (Å²) in [5, 5.41) is 2.95. The maximum Gasteiger partial charge on any atom is 0.244 e. The van der Waals surface area contributed by atoms with E-state index in [0.717, 1.165) is 6.42 Å². The number of nitrogens with zero attached hydrogens (tertiary/aromatic N) is 1. The monoisotopic (exact) mass is 379 g/mol. The number of halogens is 1. The molecule has 0 bridgehead atoms. The van der Waals surface area contributed by atoms with Gasteiger partial charge in [-0.15, -0.1) is 0 Å². The van der Waals surface area contributed by atoms with Gasteiger partial charge >= 0.3 is 0 Å². The van der Waals surface area contributed by atoms with Gasteiger partial charge in [-0.3, -0.25) is 0 Å². The Balaban J connectivity index is 2.67. The molecule has 1 rings (SSSR count). The molecule has 0 aliphatic heterocycles. The number of nitrogens with one attached hydrogen (secondary N) is 2. The van der Waals surface area contributed by atoms with E-state index in [1.165, 1.54) is 0 Å². The molecule has 1 aromatic rings. The minimum atomic E-state index is -3.59. The average molecular weight is 380 g/mol. The van der Waals surface area contributed by atoms with Crippen LogP contribution < -0.4 is 10.0 Å². The van der Waals surface area contributed by atoms with Gasteiger partial charge in [0.25, 0.3) is 0 Å². The first-order valence-corrected chi connectivity index (χ1v) is 9.25. The molecule has 120 valence electrons. The van der Waals surface area contributed by atoms with Gasteiger partial charge in [-0.25, -0.2) is 18.1 Å². The predicted molar refractivity (Wildman–Crippen MR) is 87.0 cm³/mol. The minimum Gasteiger partial charge on any atom is -0.381 e. The predicted octanol–water partition coefficient (Wildman–Crippen LogP) is 2.37. The van der Waals surface area contributed by atoms with Crippen molar-refractivity contribution in [2.24, 2.45) is 0 Å². The normalized spacial score (nSPS) is 11.6. The Morgan fingerprint density at radius 3 is 2.76 bits per heavy atom. The summed E-state index contributed by atoms with van der Waals surface area (Å²) in [6, 6.07) is 1.54. The summed E-state index contributed by atoms with van der Waals surface area (Å²) in [6.07, 6.45) is 3.16. The molecule has 0 fully saturated rings. The van der Waals surface area contributed by atoms with Crippen molar-refractivity contribution in [2.75, 3.05) is 31.6 Å². The average Bonchev–Trinajstić information content (AvgIpc) is 2.45. The van der Waals surface area contributed by atoms with Gasteiger partial charge in [0.05, 0.1) is 0 Å². The molecular weight excluding hydrogens is 358 g/mol. The summed E-state index contributed by atoms with van der Waals surface area (Å²) in [7, 11) is -3.59. The van der Waals surface area contributed by atoms with Gasteiger partial charge in [0.1, 0.15) is 10.7 Å². The van der Waals surface area contributed by atoms with Crippen molar-refractivity contribution in [1.29, 1.82) is 0 Å². The largest absolute Gasteiger partial charge is 0.381 e. The van der Waals surface area contributed by atoms with Crippen molar-refractivity contribution in [2.45, 2.75) is 31.6 Å². The van der Waals surface area contributed by atoms with Crippen LogP contribution in [0.4, 0.5) is 5.82 Å². The molecule has 0 amide bonds. The van der Waals surface area contributed by atoms with Crippen molar-refractivity contribution in [3.05, 3.63) is 16.7 Å². The fraction of sp³-hybridized carbons (Fsp3) is 0.615. The Hall–Kier alpha value is -0.700.